The first-order valence-electron chi connectivity index (χ1n) is 7.00. The Bertz CT molecular complexity index is 507. The van der Waals surface area contributed by atoms with Crippen LogP contribution in [0.1, 0.15) is 39.4 Å². The molecule has 3 N–H and O–H groups in total. The van der Waals surface area contributed by atoms with E-state index in [1.165, 1.54) is 0 Å². The zero-order valence-electron chi connectivity index (χ0n) is 13.2. The fraction of sp³-hybridized carbons (Fsp3) is 0.533. The van der Waals surface area contributed by atoms with Gasteiger partial charge in [0.15, 0.2) is 0 Å². The third-order valence-electron chi connectivity index (χ3n) is 2.78. The lowest BCUT2D eigenvalue weighted by Gasteiger charge is -2.23. The Balaban J connectivity index is 2.86. The van der Waals surface area contributed by atoms with Crippen molar-refractivity contribution in [2.75, 3.05) is 18.5 Å². The lowest BCUT2D eigenvalue weighted by molar-refractivity contribution is 0.163. The molecule has 5 nitrogen and oxygen atoms in total. The first kappa shape index (κ1) is 19.0. The van der Waals surface area contributed by atoms with E-state index in [1.54, 1.807) is 19.1 Å². The smallest absolute Gasteiger partial charge is 0.411 e. The van der Waals surface area contributed by atoms with E-state index < -0.39 is 12.2 Å². The molecule has 0 bridgehead atoms. The molecule has 0 aliphatic heterocycles. The van der Waals surface area contributed by atoms with Crippen LogP contribution in [-0.4, -0.2) is 29.9 Å². The zero-order chi connectivity index (χ0) is 16.9. The van der Waals surface area contributed by atoms with Crippen LogP contribution >= 0.6 is 23.2 Å². The Morgan fingerprint density at radius 1 is 1.32 bits per heavy atom. The number of halogens is 2. The maximum atomic E-state index is 11.4. The van der Waals surface area contributed by atoms with E-state index in [9.17, 15) is 9.90 Å². The highest BCUT2D eigenvalue weighted by atomic mass is 35.5. The number of anilines is 1. The summed E-state index contributed by atoms with van der Waals surface area (Å²) in [6.45, 7) is 8.33. The molecule has 0 aliphatic rings. The number of nitrogens with one attached hydrogen (secondary N) is 2. The van der Waals surface area contributed by atoms with Crippen LogP contribution in [0, 0.1) is 0 Å². The molecule has 0 saturated heterocycles. The van der Waals surface area contributed by atoms with Gasteiger partial charge in [-0.1, -0.05) is 23.2 Å². The molecule has 1 atom stereocenters. The highest BCUT2D eigenvalue weighted by Crippen LogP contribution is 2.34. The van der Waals surface area contributed by atoms with Gasteiger partial charge in [-0.25, -0.2) is 4.79 Å². The predicted molar refractivity (Wildman–Crippen MR) is 89.8 cm³/mol. The van der Waals surface area contributed by atoms with E-state index in [-0.39, 0.29) is 27.9 Å². The van der Waals surface area contributed by atoms with Gasteiger partial charge in [-0.2, -0.15) is 0 Å². The number of aliphatic hydroxyl groups is 1. The van der Waals surface area contributed by atoms with E-state index in [0.29, 0.717) is 12.1 Å². The van der Waals surface area contributed by atoms with Gasteiger partial charge < -0.3 is 15.2 Å². The molecule has 0 spiro atoms. The van der Waals surface area contributed by atoms with Crippen LogP contribution in [0.25, 0.3) is 0 Å². The van der Waals surface area contributed by atoms with Crippen LogP contribution in [0.4, 0.5) is 10.5 Å². The van der Waals surface area contributed by atoms with Crippen molar-refractivity contribution in [2.45, 2.75) is 39.3 Å². The van der Waals surface area contributed by atoms with Gasteiger partial charge >= 0.3 is 6.09 Å². The normalized spacial score (nSPS) is 12.9. The number of carbonyl (C=O) groups is 1. The summed E-state index contributed by atoms with van der Waals surface area (Å²) in [7, 11) is 0. The van der Waals surface area contributed by atoms with E-state index in [0.717, 1.165) is 0 Å². The molecule has 0 aliphatic carbocycles. The zero-order valence-corrected chi connectivity index (χ0v) is 14.7. The minimum absolute atomic E-state index is 0.111. The third kappa shape index (κ3) is 6.01. The number of rotatable bonds is 5. The summed E-state index contributed by atoms with van der Waals surface area (Å²) < 4.78 is 4.78. The second-order valence-corrected chi connectivity index (χ2v) is 6.67. The molecule has 22 heavy (non-hydrogen) atoms. The van der Waals surface area contributed by atoms with Crippen molar-refractivity contribution >= 4 is 35.0 Å². The molecule has 1 unspecified atom stereocenters. The van der Waals surface area contributed by atoms with Crippen molar-refractivity contribution in [3.63, 3.8) is 0 Å². The topological polar surface area (TPSA) is 70.6 Å². The lowest BCUT2D eigenvalue weighted by Crippen LogP contribution is -2.38. The number of aliphatic hydroxyl groups excluding tert-OH is 1. The number of benzene rings is 1. The standard InChI is InChI=1S/C15H22Cl2N2O3/c1-5-22-14(21)19-13-10(16)6-9(7-11(13)17)12(20)8-18-15(2,3)4/h6-7,12,18,20H,5,8H2,1-4H3,(H,19,21). The van der Waals surface area contributed by atoms with Crippen molar-refractivity contribution in [1.82, 2.24) is 5.32 Å². The summed E-state index contributed by atoms with van der Waals surface area (Å²) >= 11 is 12.3. The predicted octanol–water partition coefficient (Wildman–Crippen LogP) is 3.98. The molecular weight excluding hydrogens is 327 g/mol. The average molecular weight is 349 g/mol. The summed E-state index contributed by atoms with van der Waals surface area (Å²) in [6, 6.07) is 3.15. The largest absolute Gasteiger partial charge is 0.450 e. The van der Waals surface area contributed by atoms with Crippen molar-refractivity contribution in [3.8, 4) is 0 Å². The van der Waals surface area contributed by atoms with Crippen molar-refractivity contribution in [2.24, 2.45) is 0 Å². The highest BCUT2D eigenvalue weighted by Gasteiger charge is 2.17. The number of carbonyl (C=O) groups excluding carboxylic acids is 1. The Labute approximate surface area is 140 Å². The monoisotopic (exact) mass is 348 g/mol. The molecule has 0 fully saturated rings. The first-order chi connectivity index (χ1) is 10.1. The summed E-state index contributed by atoms with van der Waals surface area (Å²) in [5.74, 6) is 0. The molecule has 1 aromatic carbocycles. The maximum Gasteiger partial charge on any atom is 0.411 e. The molecule has 0 heterocycles. The second kappa shape index (κ2) is 8.02. The summed E-state index contributed by atoms with van der Waals surface area (Å²) in [6.07, 6.45) is -1.39. The van der Waals surface area contributed by atoms with Gasteiger partial charge in [0.1, 0.15) is 0 Å². The molecule has 1 amide bonds. The van der Waals surface area contributed by atoms with Crippen molar-refractivity contribution < 1.29 is 14.6 Å². The molecule has 1 aromatic rings. The van der Waals surface area contributed by atoms with E-state index in [2.05, 4.69) is 10.6 Å². The van der Waals surface area contributed by atoms with Gasteiger partial charge in [0.2, 0.25) is 0 Å². The molecular formula is C15H22Cl2N2O3. The van der Waals surface area contributed by atoms with Gasteiger partial charge in [0.25, 0.3) is 0 Å². The van der Waals surface area contributed by atoms with Crippen LogP contribution in [0.15, 0.2) is 12.1 Å². The quantitative estimate of drug-likeness (QED) is 0.752. The Kier molecular flexibility index (Phi) is 6.94. The molecule has 124 valence electrons. The van der Waals surface area contributed by atoms with Gasteiger partial charge in [0.05, 0.1) is 28.4 Å². The fourth-order valence-corrected chi connectivity index (χ4v) is 2.29. The van der Waals surface area contributed by atoms with Gasteiger partial charge in [-0.05, 0) is 45.4 Å². The minimum atomic E-state index is -0.758. The molecule has 7 heteroatoms. The number of hydrogen-bond acceptors (Lipinski definition) is 4. The molecule has 0 aromatic heterocycles. The first-order valence-corrected chi connectivity index (χ1v) is 7.75. The second-order valence-electron chi connectivity index (χ2n) is 5.85. The number of amides is 1. The number of β-amino-alcohol motifs (C(OH)–C–C–N with tert-alkyl or cyclic N) is 1. The van der Waals surface area contributed by atoms with Crippen LogP contribution in [0.2, 0.25) is 10.0 Å². The Morgan fingerprint density at radius 2 is 1.86 bits per heavy atom. The Morgan fingerprint density at radius 3 is 2.32 bits per heavy atom. The third-order valence-corrected chi connectivity index (χ3v) is 3.37. The number of hydrogen-bond donors (Lipinski definition) is 3. The van der Waals surface area contributed by atoms with Crippen LogP contribution in [-0.2, 0) is 4.74 Å². The van der Waals surface area contributed by atoms with Crippen molar-refractivity contribution in [1.29, 1.82) is 0 Å². The summed E-state index contributed by atoms with van der Waals surface area (Å²) in [5.41, 5.74) is 0.725. The van der Waals surface area contributed by atoms with E-state index in [1.807, 2.05) is 20.8 Å². The van der Waals surface area contributed by atoms with Crippen LogP contribution < -0.4 is 10.6 Å². The average Bonchev–Trinajstić information content (AvgIpc) is 2.39. The summed E-state index contributed by atoms with van der Waals surface area (Å²) in [5, 5.41) is 16.4. The van der Waals surface area contributed by atoms with Crippen LogP contribution in [0.3, 0.4) is 0 Å². The molecule has 0 radical (unpaired) electrons. The van der Waals surface area contributed by atoms with Crippen molar-refractivity contribution in [3.05, 3.63) is 27.7 Å². The SMILES string of the molecule is CCOC(=O)Nc1c(Cl)cc(C(O)CNC(C)(C)C)cc1Cl. The summed E-state index contributed by atoms with van der Waals surface area (Å²) in [4.78, 5) is 11.4. The number of ether oxygens (including phenoxy) is 1. The van der Waals surface area contributed by atoms with Crippen LogP contribution in [0.5, 0.6) is 0 Å². The van der Waals surface area contributed by atoms with Gasteiger partial charge in [-0.15, -0.1) is 0 Å². The van der Waals surface area contributed by atoms with E-state index in [4.69, 9.17) is 27.9 Å². The lowest BCUT2D eigenvalue weighted by atomic mass is 10.1. The van der Waals surface area contributed by atoms with Gasteiger partial charge in [0, 0.05) is 12.1 Å². The van der Waals surface area contributed by atoms with E-state index >= 15 is 0 Å². The highest BCUT2D eigenvalue weighted by molar-refractivity contribution is 6.39. The molecule has 1 rings (SSSR count). The fourth-order valence-electron chi connectivity index (χ4n) is 1.69. The maximum absolute atomic E-state index is 11.4. The van der Waals surface area contributed by atoms with Gasteiger partial charge in [-0.3, -0.25) is 5.32 Å². The molecule has 0 saturated carbocycles. The minimum Gasteiger partial charge on any atom is -0.450 e. The Hall–Kier alpha value is -1.01.